The molecule has 39 heavy (non-hydrogen) atoms. The Bertz CT molecular complexity index is 1180. The third-order valence-corrected chi connectivity index (χ3v) is 7.17. The smallest absolute Gasteiger partial charge is 0.272 e. The van der Waals surface area contributed by atoms with E-state index in [1.165, 1.54) is 5.01 Å². The summed E-state index contributed by atoms with van der Waals surface area (Å²) in [6.07, 6.45) is 0.683. The fourth-order valence-electron chi connectivity index (χ4n) is 4.79. The van der Waals surface area contributed by atoms with Crippen molar-refractivity contribution in [3.8, 4) is 5.75 Å². The van der Waals surface area contributed by atoms with Crippen molar-refractivity contribution < 1.29 is 14.3 Å². The van der Waals surface area contributed by atoms with Gasteiger partial charge in [-0.3, -0.25) is 20.7 Å². The summed E-state index contributed by atoms with van der Waals surface area (Å²) in [6.45, 7) is 1.64. The molecular formula is C22H32ClN13O3. The Morgan fingerprint density at radius 3 is 2.59 bits per heavy atom. The maximum atomic E-state index is 13.1. The number of methoxy groups -OCH3 is 1. The van der Waals surface area contributed by atoms with E-state index in [2.05, 4.69) is 41.6 Å². The zero-order chi connectivity index (χ0) is 28.0. The van der Waals surface area contributed by atoms with Gasteiger partial charge in [0.2, 0.25) is 5.91 Å². The molecule has 2 fully saturated rings. The molecule has 210 valence electrons. The molecule has 16 nitrogen and oxygen atoms in total. The van der Waals surface area contributed by atoms with Crippen LogP contribution >= 0.6 is 11.6 Å². The van der Waals surface area contributed by atoms with E-state index in [0.717, 1.165) is 11.3 Å². The number of nitrogens with zero attached hydrogens (tertiary/aromatic N) is 7. The predicted octanol–water partition coefficient (Wildman–Crippen LogP) is -0.445. The van der Waals surface area contributed by atoms with Gasteiger partial charge in [0.05, 0.1) is 7.11 Å². The van der Waals surface area contributed by atoms with Crippen LogP contribution in [0.2, 0.25) is 0 Å². The molecule has 3 heterocycles. The molecule has 2 unspecified atom stereocenters. The molecule has 3 aliphatic rings. The van der Waals surface area contributed by atoms with Gasteiger partial charge in [-0.05, 0) is 37.0 Å². The molecule has 0 saturated carbocycles. The summed E-state index contributed by atoms with van der Waals surface area (Å²) in [6, 6.07) is 7.71. The van der Waals surface area contributed by atoms with E-state index in [-0.39, 0.29) is 28.1 Å². The third-order valence-electron chi connectivity index (χ3n) is 6.91. The molecule has 0 aromatic heterocycles. The number of hydrogen-bond donors (Lipinski definition) is 6. The van der Waals surface area contributed by atoms with E-state index < -0.39 is 18.4 Å². The monoisotopic (exact) mass is 561 g/mol. The van der Waals surface area contributed by atoms with Crippen LogP contribution < -0.4 is 38.2 Å². The number of halogens is 1. The van der Waals surface area contributed by atoms with Gasteiger partial charge >= 0.3 is 0 Å². The van der Waals surface area contributed by atoms with Crippen molar-refractivity contribution in [2.45, 2.75) is 43.7 Å². The number of nitrogens with two attached hydrogens (primary N) is 3. The molecule has 4 rings (SSSR count). The summed E-state index contributed by atoms with van der Waals surface area (Å²) in [5.41, 5.74) is 0.616. The van der Waals surface area contributed by atoms with Crippen LogP contribution in [0.5, 0.6) is 5.75 Å². The zero-order valence-corrected chi connectivity index (χ0v) is 22.1. The van der Waals surface area contributed by atoms with Gasteiger partial charge in [-0.1, -0.05) is 34.2 Å². The quantitative estimate of drug-likeness (QED) is 0.104. The molecule has 0 bridgehead atoms. The number of carbonyl (C=O) groups excluding carboxylic acids is 2. The first-order valence-electron chi connectivity index (χ1n) is 12.2. The van der Waals surface area contributed by atoms with Crippen molar-refractivity contribution in [3.63, 3.8) is 0 Å². The molecule has 17 heteroatoms. The second-order valence-electron chi connectivity index (χ2n) is 9.33. The van der Waals surface area contributed by atoms with Crippen molar-refractivity contribution in [2.24, 2.45) is 43.2 Å². The number of rotatable bonds is 8. The number of benzene rings is 1. The maximum Gasteiger partial charge on any atom is 0.272 e. The molecular weight excluding hydrogens is 530 g/mol. The minimum absolute atomic E-state index is 0.0109. The number of likely N-dealkylation sites (tertiary alicyclic amines) is 1. The van der Waals surface area contributed by atoms with Crippen LogP contribution in [0.25, 0.3) is 0 Å². The minimum atomic E-state index is -1.06. The van der Waals surface area contributed by atoms with Crippen LogP contribution in [0.4, 0.5) is 0 Å². The standard InChI is InChI=1S/C22H32ClN13O3/c1-39-14-5-2-13(3-6-14)4-7-15(37)35-10-8-22(9-11-35)12-36(26)21(30-22)29-20(38)16-18(31-33-24)28-19(32-34-25)17(23)27-16/h2-3,5-6,18,21,28,30H,4,7-12,26H2,1H3,(H2,24,31)(H2,25,32)(H,29,38). The van der Waals surface area contributed by atoms with Crippen LogP contribution in [0.3, 0.4) is 0 Å². The number of ether oxygens (including phenoxy) is 1. The van der Waals surface area contributed by atoms with Gasteiger partial charge < -0.3 is 32.0 Å². The maximum absolute atomic E-state index is 13.1. The lowest BCUT2D eigenvalue weighted by molar-refractivity contribution is -0.132. The Balaban J connectivity index is 1.32. The number of hydrazine groups is 1. The Morgan fingerprint density at radius 2 is 1.95 bits per heavy atom. The SMILES string of the molecule is COc1ccc(CCC(=O)N2CCC3(CC2)CN(N)C(NC(=O)C2=NC(Cl)=C(N=NN)NC2N=NN)N3)cc1. The van der Waals surface area contributed by atoms with Gasteiger partial charge in [-0.25, -0.2) is 10.0 Å². The highest BCUT2D eigenvalue weighted by molar-refractivity contribution is 6.43. The minimum Gasteiger partial charge on any atom is -0.497 e. The zero-order valence-electron chi connectivity index (χ0n) is 21.4. The largest absolute Gasteiger partial charge is 0.497 e. The molecule has 1 spiro atoms. The Morgan fingerprint density at radius 1 is 1.23 bits per heavy atom. The average Bonchev–Trinajstić information content (AvgIpc) is 3.23. The van der Waals surface area contributed by atoms with Crippen molar-refractivity contribution in [1.29, 1.82) is 0 Å². The summed E-state index contributed by atoms with van der Waals surface area (Å²) in [7, 11) is 1.62. The predicted molar refractivity (Wildman–Crippen MR) is 141 cm³/mol. The number of piperidine rings is 1. The van der Waals surface area contributed by atoms with Gasteiger partial charge in [0.15, 0.2) is 22.9 Å². The van der Waals surface area contributed by atoms with Crippen molar-refractivity contribution in [3.05, 3.63) is 40.8 Å². The van der Waals surface area contributed by atoms with Gasteiger partial charge in [0.25, 0.3) is 5.91 Å². The highest BCUT2D eigenvalue weighted by Gasteiger charge is 2.46. The van der Waals surface area contributed by atoms with E-state index in [0.29, 0.717) is 45.3 Å². The molecule has 2 atom stereocenters. The Labute approximate surface area is 229 Å². The average molecular weight is 562 g/mol. The van der Waals surface area contributed by atoms with Crippen LogP contribution in [-0.2, 0) is 16.0 Å². The van der Waals surface area contributed by atoms with Crippen molar-refractivity contribution >= 4 is 29.1 Å². The summed E-state index contributed by atoms with van der Waals surface area (Å²) >= 11 is 6.09. The van der Waals surface area contributed by atoms with Gasteiger partial charge in [-0.15, -0.1) is 10.2 Å². The third kappa shape index (κ3) is 6.59. The van der Waals surface area contributed by atoms with Crippen molar-refractivity contribution in [1.82, 2.24) is 25.9 Å². The Hall–Kier alpha value is -3.86. The van der Waals surface area contributed by atoms with E-state index in [1.807, 2.05) is 29.2 Å². The molecule has 0 aliphatic carbocycles. The van der Waals surface area contributed by atoms with Gasteiger partial charge in [0.1, 0.15) is 12.0 Å². The number of carbonyl (C=O) groups is 2. The molecule has 2 saturated heterocycles. The first-order chi connectivity index (χ1) is 18.8. The normalized spacial score (nSPS) is 23.4. The fourth-order valence-corrected chi connectivity index (χ4v) is 4.98. The first kappa shape index (κ1) is 28.2. The topological polar surface area (TPSA) is 226 Å². The van der Waals surface area contributed by atoms with Gasteiger partial charge in [0, 0.05) is 31.6 Å². The van der Waals surface area contributed by atoms with Crippen LogP contribution in [-0.4, -0.2) is 72.2 Å². The number of hydrogen-bond acceptors (Lipinski definition) is 12. The van der Waals surface area contributed by atoms with E-state index in [4.69, 9.17) is 33.9 Å². The molecule has 0 radical (unpaired) electrons. The van der Waals surface area contributed by atoms with E-state index in [1.54, 1.807) is 7.11 Å². The van der Waals surface area contributed by atoms with Crippen molar-refractivity contribution in [2.75, 3.05) is 26.7 Å². The fraction of sp³-hybridized carbons (Fsp3) is 0.500. The number of aliphatic imine (C=N–C) groups is 1. The molecule has 1 aromatic carbocycles. The Kier molecular flexibility index (Phi) is 8.90. The lowest BCUT2D eigenvalue weighted by Gasteiger charge is -2.39. The summed E-state index contributed by atoms with van der Waals surface area (Å²) in [5, 5.41) is 24.0. The highest BCUT2D eigenvalue weighted by Crippen LogP contribution is 2.28. The second-order valence-corrected chi connectivity index (χ2v) is 9.69. The van der Waals surface area contributed by atoms with E-state index in [9.17, 15) is 9.59 Å². The lowest BCUT2D eigenvalue weighted by atomic mass is 9.88. The highest BCUT2D eigenvalue weighted by atomic mass is 35.5. The summed E-state index contributed by atoms with van der Waals surface area (Å²) in [5.74, 6) is 16.8. The lowest BCUT2D eigenvalue weighted by Crippen LogP contribution is -2.59. The van der Waals surface area contributed by atoms with Crippen LogP contribution in [0, 0.1) is 0 Å². The second kappa shape index (κ2) is 12.3. The number of amides is 2. The van der Waals surface area contributed by atoms with Gasteiger partial charge in [-0.2, -0.15) is 0 Å². The number of nitrogens with one attached hydrogen (secondary N) is 3. The van der Waals surface area contributed by atoms with E-state index >= 15 is 0 Å². The molecule has 9 N–H and O–H groups in total. The summed E-state index contributed by atoms with van der Waals surface area (Å²) < 4.78 is 5.18. The summed E-state index contributed by atoms with van der Waals surface area (Å²) in [4.78, 5) is 31.8. The molecule has 2 amide bonds. The number of aryl methyl sites for hydroxylation is 1. The molecule has 1 aromatic rings. The van der Waals surface area contributed by atoms with Crippen LogP contribution in [0.1, 0.15) is 24.8 Å². The van der Waals surface area contributed by atoms with Crippen LogP contribution in [0.15, 0.2) is 60.9 Å². The molecule has 3 aliphatic heterocycles. The first-order valence-corrected chi connectivity index (χ1v) is 12.6.